The van der Waals surface area contributed by atoms with Crippen LogP contribution in [0.25, 0.3) is 0 Å². The first-order chi connectivity index (χ1) is 3.19. The second kappa shape index (κ2) is 0.988. The molecule has 1 saturated heterocycles. The lowest BCUT2D eigenvalue weighted by Crippen LogP contribution is -2.01. The number of hydrogen-bond donors (Lipinski definition) is 0. The maximum absolute atomic E-state index is 8.26. The molecular weight excluding hydrogens is 90.1 g/mol. The first-order valence-electron chi connectivity index (χ1n) is 2.28. The molecule has 0 aliphatic carbocycles. The molecule has 0 amide bonds. The monoisotopic (exact) mass is 97.1 g/mol. The Morgan fingerprint density at radius 3 is 2.29 bits per heavy atom. The topological polar surface area (TPSA) is 36.3 Å². The van der Waals surface area contributed by atoms with Crippen LogP contribution < -0.4 is 0 Å². The molecule has 1 rings (SSSR count). The van der Waals surface area contributed by atoms with Crippen LogP contribution in [0.2, 0.25) is 0 Å². The summed E-state index contributed by atoms with van der Waals surface area (Å²) in [6.07, 6.45) is 0.150. The largest absolute Gasteiger partial charge is 0.351 e. The smallest absolute Gasteiger partial charge is 0.177 e. The minimum atomic E-state index is -0.444. The average Bonchev–Trinajstić information content (AvgIpc) is 2.18. The lowest BCUT2D eigenvalue weighted by atomic mass is 10.1. The Morgan fingerprint density at radius 2 is 2.29 bits per heavy atom. The lowest BCUT2D eigenvalue weighted by Gasteiger charge is -1.81. The normalized spacial score (nSPS) is 47.9. The average molecular weight is 97.1 g/mol. The Hall–Kier alpha value is -0.550. The van der Waals surface area contributed by atoms with Crippen molar-refractivity contribution >= 4 is 0 Å². The summed E-state index contributed by atoms with van der Waals surface area (Å²) in [5, 5.41) is 8.26. The van der Waals surface area contributed by atoms with Crippen molar-refractivity contribution in [2.24, 2.45) is 0 Å². The third-order valence-electron chi connectivity index (χ3n) is 1.36. The summed E-state index contributed by atoms with van der Waals surface area (Å²) in [4.78, 5) is 0. The van der Waals surface area contributed by atoms with Gasteiger partial charge in [0.05, 0.1) is 6.10 Å². The first-order valence-corrected chi connectivity index (χ1v) is 2.28. The van der Waals surface area contributed by atoms with Gasteiger partial charge >= 0.3 is 0 Å². The molecule has 7 heavy (non-hydrogen) atoms. The molecule has 2 heteroatoms. The summed E-state index contributed by atoms with van der Waals surface area (Å²) in [7, 11) is 0. The SMILES string of the molecule is CC1OC1(C)C#N. The van der Waals surface area contributed by atoms with Gasteiger partial charge in [-0.05, 0) is 13.8 Å². The highest BCUT2D eigenvalue weighted by Gasteiger charge is 2.49. The lowest BCUT2D eigenvalue weighted by molar-refractivity contribution is 0.353. The van der Waals surface area contributed by atoms with E-state index in [1.807, 2.05) is 13.0 Å². The van der Waals surface area contributed by atoms with Gasteiger partial charge in [0.15, 0.2) is 5.60 Å². The molecule has 0 bridgehead atoms. The van der Waals surface area contributed by atoms with E-state index in [1.165, 1.54) is 0 Å². The van der Waals surface area contributed by atoms with E-state index in [-0.39, 0.29) is 6.10 Å². The third-order valence-corrected chi connectivity index (χ3v) is 1.36. The van der Waals surface area contributed by atoms with E-state index < -0.39 is 5.60 Å². The van der Waals surface area contributed by atoms with Gasteiger partial charge in [0.25, 0.3) is 0 Å². The van der Waals surface area contributed by atoms with Crippen LogP contribution >= 0.6 is 0 Å². The van der Waals surface area contributed by atoms with Gasteiger partial charge in [0.2, 0.25) is 0 Å². The van der Waals surface area contributed by atoms with Crippen LogP contribution in [0.4, 0.5) is 0 Å². The van der Waals surface area contributed by atoms with Gasteiger partial charge in [0, 0.05) is 0 Å². The summed E-state index contributed by atoms with van der Waals surface area (Å²) in [5.74, 6) is 0. The van der Waals surface area contributed by atoms with Gasteiger partial charge in [-0.3, -0.25) is 0 Å². The van der Waals surface area contributed by atoms with Crippen molar-refractivity contribution in [3.05, 3.63) is 0 Å². The quantitative estimate of drug-likeness (QED) is 0.417. The standard InChI is InChI=1S/C5H7NO/c1-4-5(2,3-6)7-4/h4H,1-2H3. The molecule has 0 saturated carbocycles. The van der Waals surface area contributed by atoms with Gasteiger partial charge < -0.3 is 4.74 Å². The zero-order chi connectivity index (χ0) is 5.49. The molecule has 38 valence electrons. The number of nitriles is 1. The van der Waals surface area contributed by atoms with Crippen LogP contribution in [0.1, 0.15) is 13.8 Å². The molecule has 1 aliphatic heterocycles. The van der Waals surface area contributed by atoms with Crippen LogP contribution in [0.5, 0.6) is 0 Å². The summed E-state index contributed by atoms with van der Waals surface area (Å²) >= 11 is 0. The second-order valence-electron chi connectivity index (χ2n) is 1.98. The van der Waals surface area contributed by atoms with Crippen molar-refractivity contribution in [2.45, 2.75) is 25.6 Å². The van der Waals surface area contributed by atoms with E-state index in [2.05, 4.69) is 0 Å². The van der Waals surface area contributed by atoms with Crippen molar-refractivity contribution < 1.29 is 4.74 Å². The summed E-state index contributed by atoms with van der Waals surface area (Å²) in [6.45, 7) is 3.68. The third kappa shape index (κ3) is 0.495. The Kier molecular flexibility index (Phi) is 0.650. The maximum Gasteiger partial charge on any atom is 0.177 e. The van der Waals surface area contributed by atoms with Gasteiger partial charge in [-0.15, -0.1) is 0 Å². The van der Waals surface area contributed by atoms with E-state index in [4.69, 9.17) is 10.00 Å². The van der Waals surface area contributed by atoms with Crippen molar-refractivity contribution in [1.29, 1.82) is 5.26 Å². The molecule has 0 aromatic rings. The molecular formula is C5H7NO. The van der Waals surface area contributed by atoms with Crippen molar-refractivity contribution in [3.63, 3.8) is 0 Å². The van der Waals surface area contributed by atoms with Crippen molar-refractivity contribution in [1.82, 2.24) is 0 Å². The molecule has 2 nitrogen and oxygen atoms in total. The van der Waals surface area contributed by atoms with Gasteiger partial charge in [0.1, 0.15) is 6.07 Å². The molecule has 0 radical (unpaired) electrons. The minimum Gasteiger partial charge on any atom is -0.351 e. The maximum atomic E-state index is 8.26. The van der Waals surface area contributed by atoms with Gasteiger partial charge in [-0.1, -0.05) is 0 Å². The Morgan fingerprint density at radius 1 is 1.86 bits per heavy atom. The summed E-state index contributed by atoms with van der Waals surface area (Å²) in [5.41, 5.74) is -0.444. The fourth-order valence-electron chi connectivity index (χ4n) is 0.450. The molecule has 1 aliphatic rings. The van der Waals surface area contributed by atoms with Gasteiger partial charge in [-0.2, -0.15) is 5.26 Å². The van der Waals surface area contributed by atoms with E-state index in [1.54, 1.807) is 6.92 Å². The summed E-state index contributed by atoms with van der Waals surface area (Å²) in [6, 6.07) is 2.04. The molecule has 0 spiro atoms. The van der Waals surface area contributed by atoms with E-state index in [9.17, 15) is 0 Å². The molecule has 2 unspecified atom stereocenters. The molecule has 0 aromatic carbocycles. The van der Waals surface area contributed by atoms with Gasteiger partial charge in [-0.25, -0.2) is 0 Å². The number of epoxide rings is 1. The molecule has 0 aromatic heterocycles. The number of ether oxygens (including phenoxy) is 1. The highest BCUT2D eigenvalue weighted by atomic mass is 16.6. The van der Waals surface area contributed by atoms with Crippen molar-refractivity contribution in [2.75, 3.05) is 0 Å². The number of nitrogens with zero attached hydrogens (tertiary/aromatic N) is 1. The second-order valence-corrected chi connectivity index (χ2v) is 1.98. The van der Waals surface area contributed by atoms with Crippen LogP contribution in [-0.2, 0) is 4.74 Å². The predicted octanol–water partition coefficient (Wildman–Crippen LogP) is 0.687. The Bertz CT molecular complexity index is 127. The van der Waals surface area contributed by atoms with Crippen LogP contribution in [0, 0.1) is 11.3 Å². The number of hydrogen-bond acceptors (Lipinski definition) is 2. The van der Waals surface area contributed by atoms with E-state index >= 15 is 0 Å². The van der Waals surface area contributed by atoms with Crippen LogP contribution in [0.3, 0.4) is 0 Å². The summed E-state index contributed by atoms with van der Waals surface area (Å²) < 4.78 is 4.89. The first kappa shape index (κ1) is 4.61. The zero-order valence-electron chi connectivity index (χ0n) is 4.43. The molecule has 0 N–H and O–H groups in total. The fourth-order valence-corrected chi connectivity index (χ4v) is 0.450. The van der Waals surface area contributed by atoms with Crippen LogP contribution in [0.15, 0.2) is 0 Å². The highest BCUT2D eigenvalue weighted by molar-refractivity contribution is 5.13. The van der Waals surface area contributed by atoms with Crippen LogP contribution in [-0.4, -0.2) is 11.7 Å². The van der Waals surface area contributed by atoms with E-state index in [0.29, 0.717) is 0 Å². The molecule has 1 fully saturated rings. The number of rotatable bonds is 0. The minimum absolute atomic E-state index is 0.150. The molecule has 2 atom stereocenters. The Labute approximate surface area is 42.7 Å². The predicted molar refractivity (Wildman–Crippen MR) is 24.6 cm³/mol. The fraction of sp³-hybridized carbons (Fsp3) is 0.800. The zero-order valence-corrected chi connectivity index (χ0v) is 4.43. The van der Waals surface area contributed by atoms with Crippen molar-refractivity contribution in [3.8, 4) is 6.07 Å². The Balaban J connectivity index is 2.57. The molecule has 1 heterocycles. The highest BCUT2D eigenvalue weighted by Crippen LogP contribution is 2.33. The van der Waals surface area contributed by atoms with E-state index in [0.717, 1.165) is 0 Å².